The van der Waals surface area contributed by atoms with Crippen LogP contribution in [0.25, 0.3) is 0 Å². The van der Waals surface area contributed by atoms with Gasteiger partial charge in [0.1, 0.15) is 0 Å². The summed E-state index contributed by atoms with van der Waals surface area (Å²) in [7, 11) is 3.99. The van der Waals surface area contributed by atoms with Crippen LogP contribution in [0.5, 0.6) is 0 Å². The van der Waals surface area contributed by atoms with Crippen molar-refractivity contribution in [3.05, 3.63) is 35.4 Å². The number of nitrogens with zero attached hydrogens (tertiary/aromatic N) is 1. The van der Waals surface area contributed by atoms with E-state index in [9.17, 15) is 9.90 Å². The molecule has 1 heterocycles. The second-order valence-electron chi connectivity index (χ2n) is 5.78. The van der Waals surface area contributed by atoms with Crippen LogP contribution in [0.1, 0.15) is 22.3 Å². The second kappa shape index (κ2) is 5.91. The summed E-state index contributed by atoms with van der Waals surface area (Å²) in [5, 5.41) is 14.5. The van der Waals surface area contributed by atoms with Crippen LogP contribution in [0.15, 0.2) is 24.3 Å². The molecule has 4 N–H and O–H groups in total. The van der Waals surface area contributed by atoms with E-state index in [0.717, 1.165) is 25.2 Å². The Morgan fingerprint density at radius 1 is 1.55 bits per heavy atom. The maximum absolute atomic E-state index is 11.3. The number of rotatable bonds is 4. The van der Waals surface area contributed by atoms with E-state index in [1.807, 2.05) is 20.2 Å². The Morgan fingerprint density at radius 3 is 2.95 bits per heavy atom. The van der Waals surface area contributed by atoms with Gasteiger partial charge in [-0.1, -0.05) is 12.1 Å². The van der Waals surface area contributed by atoms with E-state index in [4.69, 9.17) is 5.73 Å². The normalized spacial score (nSPS) is 26.7. The van der Waals surface area contributed by atoms with Crippen molar-refractivity contribution in [2.75, 3.05) is 33.7 Å². The first-order chi connectivity index (χ1) is 9.43. The minimum Gasteiger partial charge on any atom is -0.385 e. The molecule has 110 valence electrons. The highest BCUT2D eigenvalue weighted by atomic mass is 16.3. The van der Waals surface area contributed by atoms with Crippen LogP contribution in [0, 0.1) is 5.92 Å². The van der Waals surface area contributed by atoms with Crippen LogP contribution in [-0.4, -0.2) is 49.6 Å². The number of primary amides is 1. The van der Waals surface area contributed by atoms with E-state index in [0.29, 0.717) is 12.0 Å². The van der Waals surface area contributed by atoms with Crippen LogP contribution < -0.4 is 11.1 Å². The number of nitrogens with one attached hydrogen (secondary N) is 1. The highest BCUT2D eigenvalue weighted by molar-refractivity contribution is 5.92. The average molecular weight is 277 g/mol. The lowest BCUT2D eigenvalue weighted by molar-refractivity contribution is -0.0540. The van der Waals surface area contributed by atoms with Crippen molar-refractivity contribution in [3.63, 3.8) is 0 Å². The van der Waals surface area contributed by atoms with Crippen molar-refractivity contribution in [2.24, 2.45) is 11.7 Å². The second-order valence-corrected chi connectivity index (χ2v) is 5.78. The molecule has 5 heteroatoms. The van der Waals surface area contributed by atoms with Gasteiger partial charge in [-0.2, -0.15) is 0 Å². The molecular weight excluding hydrogens is 254 g/mol. The molecule has 2 rings (SSSR count). The molecule has 0 radical (unpaired) electrons. The van der Waals surface area contributed by atoms with Crippen molar-refractivity contribution in [3.8, 4) is 0 Å². The lowest BCUT2D eigenvalue weighted by Gasteiger charge is -2.42. The van der Waals surface area contributed by atoms with E-state index in [1.165, 1.54) is 0 Å². The minimum absolute atomic E-state index is 0.0781. The Bertz CT molecular complexity index is 490. The topological polar surface area (TPSA) is 78.6 Å². The number of benzene rings is 1. The number of piperidine rings is 1. The number of amides is 1. The predicted molar refractivity (Wildman–Crippen MR) is 78.4 cm³/mol. The Hall–Kier alpha value is -1.43. The zero-order chi connectivity index (χ0) is 14.8. The first-order valence-electron chi connectivity index (χ1n) is 6.91. The lowest BCUT2D eigenvalue weighted by atomic mass is 9.76. The standard InChI is InChI=1S/C15H23N3O2/c1-18(2)10-13-9-17-7-6-15(13,20)12-5-3-4-11(8-12)14(16)19/h3-5,8,13,17,20H,6-7,9-10H2,1-2H3,(H2,16,19). The molecule has 1 aliphatic heterocycles. The molecule has 20 heavy (non-hydrogen) atoms. The third kappa shape index (κ3) is 3.00. The largest absolute Gasteiger partial charge is 0.385 e. The highest BCUT2D eigenvalue weighted by Crippen LogP contribution is 2.35. The van der Waals surface area contributed by atoms with E-state index in [1.54, 1.807) is 18.2 Å². The van der Waals surface area contributed by atoms with Crippen molar-refractivity contribution in [1.82, 2.24) is 10.2 Å². The highest BCUT2D eigenvalue weighted by Gasteiger charge is 2.40. The monoisotopic (exact) mass is 277 g/mol. The summed E-state index contributed by atoms with van der Waals surface area (Å²) in [5.74, 6) is -0.386. The van der Waals surface area contributed by atoms with Crippen LogP contribution >= 0.6 is 0 Å². The van der Waals surface area contributed by atoms with Gasteiger partial charge < -0.3 is 21.1 Å². The molecule has 0 saturated carbocycles. The zero-order valence-corrected chi connectivity index (χ0v) is 12.1. The molecule has 1 aromatic rings. The molecule has 0 spiro atoms. The molecule has 1 saturated heterocycles. The van der Waals surface area contributed by atoms with Crippen LogP contribution in [0.2, 0.25) is 0 Å². The maximum Gasteiger partial charge on any atom is 0.248 e. The van der Waals surface area contributed by atoms with Gasteiger partial charge >= 0.3 is 0 Å². The molecule has 1 aliphatic rings. The van der Waals surface area contributed by atoms with Crippen molar-refractivity contribution in [1.29, 1.82) is 0 Å². The summed E-state index contributed by atoms with van der Waals surface area (Å²) >= 11 is 0. The summed E-state index contributed by atoms with van der Waals surface area (Å²) in [4.78, 5) is 13.4. The maximum atomic E-state index is 11.3. The Balaban J connectivity index is 2.34. The van der Waals surface area contributed by atoms with Crippen molar-refractivity contribution >= 4 is 5.91 Å². The van der Waals surface area contributed by atoms with Crippen LogP contribution in [0.3, 0.4) is 0 Å². The third-order valence-corrected chi connectivity index (χ3v) is 3.98. The molecule has 1 amide bonds. The Labute approximate surface area is 119 Å². The Morgan fingerprint density at radius 2 is 2.30 bits per heavy atom. The summed E-state index contributed by atoms with van der Waals surface area (Å²) < 4.78 is 0. The predicted octanol–water partition coefficient (Wildman–Crippen LogP) is 0.144. The fraction of sp³-hybridized carbons (Fsp3) is 0.533. The van der Waals surface area contributed by atoms with Gasteiger partial charge in [-0.05, 0) is 44.8 Å². The lowest BCUT2D eigenvalue weighted by Crippen LogP contribution is -2.51. The molecule has 1 aromatic carbocycles. The summed E-state index contributed by atoms with van der Waals surface area (Å²) in [6.45, 7) is 2.31. The minimum atomic E-state index is -0.916. The van der Waals surface area contributed by atoms with Gasteiger partial charge in [-0.3, -0.25) is 4.79 Å². The van der Waals surface area contributed by atoms with Gasteiger partial charge in [0.15, 0.2) is 0 Å². The SMILES string of the molecule is CN(C)CC1CNCCC1(O)c1cccc(C(N)=O)c1. The first-order valence-corrected chi connectivity index (χ1v) is 6.91. The van der Waals surface area contributed by atoms with Gasteiger partial charge in [-0.15, -0.1) is 0 Å². The number of hydrogen-bond donors (Lipinski definition) is 3. The fourth-order valence-corrected chi connectivity index (χ4v) is 2.91. The number of hydrogen-bond acceptors (Lipinski definition) is 4. The molecule has 2 unspecified atom stereocenters. The van der Waals surface area contributed by atoms with Crippen molar-refractivity contribution in [2.45, 2.75) is 12.0 Å². The van der Waals surface area contributed by atoms with E-state index < -0.39 is 11.5 Å². The van der Waals surface area contributed by atoms with Crippen LogP contribution in [0.4, 0.5) is 0 Å². The molecule has 0 bridgehead atoms. The molecule has 1 fully saturated rings. The molecular formula is C15H23N3O2. The van der Waals surface area contributed by atoms with Gasteiger partial charge in [0, 0.05) is 24.6 Å². The fourth-order valence-electron chi connectivity index (χ4n) is 2.91. The number of carbonyl (C=O) groups is 1. The number of aliphatic hydroxyl groups is 1. The number of nitrogens with two attached hydrogens (primary N) is 1. The van der Waals surface area contributed by atoms with E-state index in [2.05, 4.69) is 10.2 Å². The third-order valence-electron chi connectivity index (χ3n) is 3.98. The molecule has 5 nitrogen and oxygen atoms in total. The molecule has 0 aromatic heterocycles. The Kier molecular flexibility index (Phi) is 4.42. The zero-order valence-electron chi connectivity index (χ0n) is 12.1. The number of carbonyl (C=O) groups excluding carboxylic acids is 1. The van der Waals surface area contributed by atoms with Gasteiger partial charge in [-0.25, -0.2) is 0 Å². The van der Waals surface area contributed by atoms with Crippen molar-refractivity contribution < 1.29 is 9.90 Å². The molecule has 0 aliphatic carbocycles. The summed E-state index contributed by atoms with van der Waals surface area (Å²) in [6, 6.07) is 7.05. The molecule has 2 atom stereocenters. The summed E-state index contributed by atoms with van der Waals surface area (Å²) in [5.41, 5.74) is 5.64. The smallest absolute Gasteiger partial charge is 0.248 e. The van der Waals surface area contributed by atoms with E-state index >= 15 is 0 Å². The quantitative estimate of drug-likeness (QED) is 0.732. The van der Waals surface area contributed by atoms with Crippen LogP contribution in [-0.2, 0) is 5.60 Å². The first kappa shape index (κ1) is 15.0. The van der Waals surface area contributed by atoms with Gasteiger partial charge in [0.05, 0.1) is 5.60 Å². The summed E-state index contributed by atoms with van der Waals surface area (Å²) in [6.07, 6.45) is 0.633. The van der Waals surface area contributed by atoms with E-state index in [-0.39, 0.29) is 5.92 Å². The average Bonchev–Trinajstić information content (AvgIpc) is 2.41. The van der Waals surface area contributed by atoms with Gasteiger partial charge in [0.25, 0.3) is 0 Å². The van der Waals surface area contributed by atoms with Gasteiger partial charge in [0.2, 0.25) is 5.91 Å².